The number of nitrogens with zero attached hydrogens (tertiary/aromatic N) is 1. The van der Waals surface area contributed by atoms with Gasteiger partial charge in [0.2, 0.25) is 0 Å². The molecule has 1 aromatic carbocycles. The lowest BCUT2D eigenvalue weighted by atomic mass is 10.2. The SMILES string of the molecule is CC(C)N(C)CCCNCc1ccc(O)c(F)c1. The largest absolute Gasteiger partial charge is 0.505 e. The summed E-state index contributed by atoms with van der Waals surface area (Å²) >= 11 is 0. The number of phenols is 1. The number of hydrogen-bond acceptors (Lipinski definition) is 3. The third-order valence-electron chi connectivity index (χ3n) is 3.09. The molecule has 2 N–H and O–H groups in total. The van der Waals surface area contributed by atoms with Crippen molar-refractivity contribution < 1.29 is 9.50 Å². The average molecular weight is 254 g/mol. The molecule has 0 heterocycles. The maximum absolute atomic E-state index is 13.1. The number of rotatable bonds is 7. The zero-order chi connectivity index (χ0) is 13.5. The van der Waals surface area contributed by atoms with Gasteiger partial charge in [-0.2, -0.15) is 0 Å². The molecule has 0 saturated heterocycles. The van der Waals surface area contributed by atoms with E-state index in [1.807, 2.05) is 0 Å². The molecular formula is C14H23FN2O. The van der Waals surface area contributed by atoms with Gasteiger partial charge in [0.1, 0.15) is 0 Å². The van der Waals surface area contributed by atoms with Crippen LogP contribution in [0.15, 0.2) is 18.2 Å². The second kappa shape index (κ2) is 7.34. The molecular weight excluding hydrogens is 231 g/mol. The summed E-state index contributed by atoms with van der Waals surface area (Å²) in [7, 11) is 2.11. The van der Waals surface area contributed by atoms with Gasteiger partial charge in [0.15, 0.2) is 11.6 Å². The summed E-state index contributed by atoms with van der Waals surface area (Å²) < 4.78 is 13.1. The lowest BCUT2D eigenvalue weighted by Crippen LogP contribution is -2.29. The zero-order valence-electron chi connectivity index (χ0n) is 11.4. The van der Waals surface area contributed by atoms with E-state index in [1.54, 1.807) is 6.07 Å². The van der Waals surface area contributed by atoms with E-state index in [0.29, 0.717) is 12.6 Å². The van der Waals surface area contributed by atoms with Crippen molar-refractivity contribution in [2.45, 2.75) is 32.9 Å². The van der Waals surface area contributed by atoms with Gasteiger partial charge in [-0.25, -0.2) is 4.39 Å². The number of hydrogen-bond donors (Lipinski definition) is 2. The van der Waals surface area contributed by atoms with Crippen LogP contribution in [0, 0.1) is 5.82 Å². The Bertz CT molecular complexity index is 369. The van der Waals surface area contributed by atoms with E-state index in [0.717, 1.165) is 25.1 Å². The molecule has 0 bridgehead atoms. The molecule has 4 heteroatoms. The highest BCUT2D eigenvalue weighted by Gasteiger charge is 2.03. The smallest absolute Gasteiger partial charge is 0.165 e. The molecule has 1 aromatic rings. The maximum Gasteiger partial charge on any atom is 0.165 e. The molecule has 0 saturated carbocycles. The number of benzene rings is 1. The highest BCUT2D eigenvalue weighted by molar-refractivity contribution is 5.27. The molecule has 0 amide bonds. The summed E-state index contributed by atoms with van der Waals surface area (Å²) in [6.45, 7) is 6.93. The zero-order valence-corrected chi connectivity index (χ0v) is 11.4. The van der Waals surface area contributed by atoms with Crippen LogP contribution in [-0.4, -0.2) is 36.2 Å². The van der Waals surface area contributed by atoms with Crippen molar-refractivity contribution in [3.8, 4) is 5.75 Å². The Hall–Kier alpha value is -1.13. The van der Waals surface area contributed by atoms with Crippen LogP contribution in [0.1, 0.15) is 25.8 Å². The fourth-order valence-electron chi connectivity index (χ4n) is 1.60. The number of phenolic OH excluding ortho intramolecular Hbond substituents is 1. The number of nitrogens with one attached hydrogen (secondary N) is 1. The normalized spacial score (nSPS) is 11.4. The van der Waals surface area contributed by atoms with Crippen molar-refractivity contribution >= 4 is 0 Å². The summed E-state index contributed by atoms with van der Waals surface area (Å²) in [5, 5.41) is 12.3. The first kappa shape index (κ1) is 14.9. The molecule has 0 atom stereocenters. The molecule has 0 unspecified atom stereocenters. The van der Waals surface area contributed by atoms with E-state index >= 15 is 0 Å². The minimum atomic E-state index is -0.561. The first-order valence-corrected chi connectivity index (χ1v) is 6.39. The number of halogens is 1. The fraction of sp³-hybridized carbons (Fsp3) is 0.571. The van der Waals surface area contributed by atoms with E-state index in [2.05, 4.69) is 31.1 Å². The van der Waals surface area contributed by atoms with Crippen molar-refractivity contribution in [1.82, 2.24) is 10.2 Å². The minimum Gasteiger partial charge on any atom is -0.505 e. The topological polar surface area (TPSA) is 35.5 Å². The van der Waals surface area contributed by atoms with Crippen LogP contribution in [0.2, 0.25) is 0 Å². The Morgan fingerprint density at radius 1 is 1.39 bits per heavy atom. The molecule has 0 aromatic heterocycles. The van der Waals surface area contributed by atoms with E-state index < -0.39 is 5.82 Å². The summed E-state index contributed by atoms with van der Waals surface area (Å²) in [6, 6.07) is 5.05. The standard InChI is InChI=1S/C14H23FN2O/c1-11(2)17(3)8-4-7-16-10-12-5-6-14(18)13(15)9-12/h5-6,9,11,16,18H,4,7-8,10H2,1-3H3. The lowest BCUT2D eigenvalue weighted by molar-refractivity contribution is 0.269. The number of aromatic hydroxyl groups is 1. The Kier molecular flexibility index (Phi) is 6.09. The van der Waals surface area contributed by atoms with Crippen molar-refractivity contribution in [3.05, 3.63) is 29.6 Å². The maximum atomic E-state index is 13.1. The summed E-state index contributed by atoms with van der Waals surface area (Å²) in [5.74, 6) is -0.855. The van der Waals surface area contributed by atoms with Crippen molar-refractivity contribution in [3.63, 3.8) is 0 Å². The van der Waals surface area contributed by atoms with Crippen LogP contribution in [0.3, 0.4) is 0 Å². The van der Waals surface area contributed by atoms with Gasteiger partial charge in [0.25, 0.3) is 0 Å². The molecule has 0 aliphatic rings. The van der Waals surface area contributed by atoms with Crippen LogP contribution < -0.4 is 5.32 Å². The van der Waals surface area contributed by atoms with Crippen LogP contribution in [0.5, 0.6) is 5.75 Å². The van der Waals surface area contributed by atoms with Gasteiger partial charge in [0, 0.05) is 12.6 Å². The monoisotopic (exact) mass is 254 g/mol. The second-order valence-corrected chi connectivity index (χ2v) is 4.89. The molecule has 102 valence electrons. The van der Waals surface area contributed by atoms with E-state index in [1.165, 1.54) is 12.1 Å². The van der Waals surface area contributed by atoms with E-state index in [-0.39, 0.29) is 5.75 Å². The molecule has 0 aliphatic carbocycles. The molecule has 0 aliphatic heterocycles. The van der Waals surface area contributed by atoms with Gasteiger partial charge in [-0.05, 0) is 58.1 Å². The third-order valence-corrected chi connectivity index (χ3v) is 3.09. The molecule has 18 heavy (non-hydrogen) atoms. The van der Waals surface area contributed by atoms with Crippen LogP contribution in [-0.2, 0) is 6.54 Å². The van der Waals surface area contributed by atoms with E-state index in [9.17, 15) is 4.39 Å². The third kappa shape index (κ3) is 5.02. The van der Waals surface area contributed by atoms with Gasteiger partial charge < -0.3 is 15.3 Å². The Balaban J connectivity index is 2.20. The van der Waals surface area contributed by atoms with Crippen molar-refractivity contribution in [1.29, 1.82) is 0 Å². The van der Waals surface area contributed by atoms with Gasteiger partial charge in [-0.1, -0.05) is 6.07 Å². The van der Waals surface area contributed by atoms with Crippen LogP contribution >= 0.6 is 0 Å². The molecule has 3 nitrogen and oxygen atoms in total. The molecule has 0 spiro atoms. The quantitative estimate of drug-likeness (QED) is 0.733. The highest BCUT2D eigenvalue weighted by atomic mass is 19.1. The highest BCUT2D eigenvalue weighted by Crippen LogP contribution is 2.15. The first-order chi connectivity index (χ1) is 8.50. The molecule has 1 rings (SSSR count). The second-order valence-electron chi connectivity index (χ2n) is 4.89. The Morgan fingerprint density at radius 2 is 2.11 bits per heavy atom. The van der Waals surface area contributed by atoms with E-state index in [4.69, 9.17) is 5.11 Å². The molecule has 0 radical (unpaired) electrons. The average Bonchev–Trinajstić information content (AvgIpc) is 2.32. The van der Waals surface area contributed by atoms with Gasteiger partial charge >= 0.3 is 0 Å². The lowest BCUT2D eigenvalue weighted by Gasteiger charge is -2.20. The minimum absolute atomic E-state index is 0.294. The summed E-state index contributed by atoms with van der Waals surface area (Å²) in [4.78, 5) is 2.29. The predicted octanol–water partition coefficient (Wildman–Crippen LogP) is 2.35. The predicted molar refractivity (Wildman–Crippen MR) is 72.2 cm³/mol. The Labute approximate surface area is 109 Å². The van der Waals surface area contributed by atoms with Crippen LogP contribution in [0.4, 0.5) is 4.39 Å². The summed E-state index contributed by atoms with van der Waals surface area (Å²) in [6.07, 6.45) is 1.06. The van der Waals surface area contributed by atoms with Crippen molar-refractivity contribution in [2.75, 3.05) is 20.1 Å². The van der Waals surface area contributed by atoms with Gasteiger partial charge in [0.05, 0.1) is 0 Å². The first-order valence-electron chi connectivity index (χ1n) is 6.39. The Morgan fingerprint density at radius 3 is 2.72 bits per heavy atom. The molecule has 0 fully saturated rings. The van der Waals surface area contributed by atoms with Crippen LogP contribution in [0.25, 0.3) is 0 Å². The van der Waals surface area contributed by atoms with Crippen molar-refractivity contribution in [2.24, 2.45) is 0 Å². The van der Waals surface area contributed by atoms with Gasteiger partial charge in [-0.3, -0.25) is 0 Å². The fourth-order valence-corrected chi connectivity index (χ4v) is 1.60. The summed E-state index contributed by atoms with van der Waals surface area (Å²) in [5.41, 5.74) is 0.850. The van der Waals surface area contributed by atoms with Gasteiger partial charge in [-0.15, -0.1) is 0 Å².